The number of benzene rings is 2. The number of allylic oxidation sites excluding steroid dienone is 2. The molecule has 3 heteroatoms. The summed E-state index contributed by atoms with van der Waals surface area (Å²) < 4.78 is 0. The van der Waals surface area contributed by atoms with Crippen LogP contribution in [0.2, 0.25) is 0 Å². The first kappa shape index (κ1) is 20.5. The Balaban J connectivity index is 1.97. The fourth-order valence-corrected chi connectivity index (χ4v) is 4.02. The predicted molar refractivity (Wildman–Crippen MR) is 126 cm³/mol. The first-order valence-electron chi connectivity index (χ1n) is 9.29. The Bertz CT molecular complexity index is 905. The molecule has 3 aromatic rings. The van der Waals surface area contributed by atoms with Crippen molar-refractivity contribution in [2.45, 2.75) is 23.6 Å². The maximum Gasteiger partial charge on any atom is 0.0712 e. The molecule has 0 unspecified atom stereocenters. The maximum absolute atomic E-state index is 5.01. The van der Waals surface area contributed by atoms with E-state index in [2.05, 4.69) is 105 Å². The van der Waals surface area contributed by atoms with Crippen LogP contribution in [0.3, 0.4) is 0 Å². The van der Waals surface area contributed by atoms with Crippen LogP contribution in [-0.4, -0.2) is 17.5 Å². The Morgan fingerprint density at radius 3 is 1.36 bits per heavy atom. The van der Waals surface area contributed by atoms with Gasteiger partial charge in [0.2, 0.25) is 0 Å². The Labute approximate surface area is 177 Å². The van der Waals surface area contributed by atoms with E-state index < -0.39 is 0 Å². The van der Waals surface area contributed by atoms with E-state index in [-0.39, 0.29) is 0 Å². The highest BCUT2D eigenvalue weighted by atomic mass is 32.2. The van der Waals surface area contributed by atoms with Crippen LogP contribution in [0, 0.1) is 0 Å². The number of rotatable bonds is 6. The van der Waals surface area contributed by atoms with Gasteiger partial charge in [-0.25, -0.2) is 4.98 Å². The summed E-state index contributed by atoms with van der Waals surface area (Å²) in [5, 5.41) is 0. The molecule has 3 rings (SSSR count). The number of pyridine rings is 1. The Morgan fingerprint density at radius 1 is 0.643 bits per heavy atom. The van der Waals surface area contributed by atoms with Crippen molar-refractivity contribution >= 4 is 34.7 Å². The van der Waals surface area contributed by atoms with Crippen LogP contribution in [0.25, 0.3) is 11.1 Å². The van der Waals surface area contributed by atoms with E-state index in [1.165, 1.54) is 20.9 Å². The second kappa shape index (κ2) is 9.81. The van der Waals surface area contributed by atoms with Crippen molar-refractivity contribution in [3.05, 3.63) is 101 Å². The van der Waals surface area contributed by atoms with E-state index in [1.807, 2.05) is 0 Å². The van der Waals surface area contributed by atoms with Gasteiger partial charge < -0.3 is 0 Å². The average Bonchev–Trinajstić information content (AvgIpc) is 2.76. The number of aromatic nitrogens is 1. The van der Waals surface area contributed by atoms with E-state index in [9.17, 15) is 0 Å². The van der Waals surface area contributed by atoms with Gasteiger partial charge in [0.1, 0.15) is 0 Å². The molecule has 0 saturated carbocycles. The molecule has 1 aromatic heterocycles. The summed E-state index contributed by atoms with van der Waals surface area (Å²) in [7, 11) is 0. The molecule has 1 nitrogen and oxygen atoms in total. The van der Waals surface area contributed by atoms with Crippen LogP contribution in [0.5, 0.6) is 0 Å². The van der Waals surface area contributed by atoms with Crippen molar-refractivity contribution < 1.29 is 0 Å². The van der Waals surface area contributed by atoms with Gasteiger partial charge in [-0.3, -0.25) is 0 Å². The van der Waals surface area contributed by atoms with Crippen molar-refractivity contribution in [2.75, 3.05) is 12.5 Å². The van der Waals surface area contributed by atoms with Crippen LogP contribution >= 0.6 is 23.5 Å². The highest BCUT2D eigenvalue weighted by molar-refractivity contribution is 7.98. The zero-order chi connectivity index (χ0) is 19.9. The molecule has 0 N–H and O–H groups in total. The molecule has 0 saturated heterocycles. The van der Waals surface area contributed by atoms with E-state index in [1.54, 1.807) is 23.5 Å². The van der Waals surface area contributed by atoms with Gasteiger partial charge in [-0.2, -0.15) is 0 Å². The topological polar surface area (TPSA) is 12.9 Å². The van der Waals surface area contributed by atoms with E-state index in [0.29, 0.717) is 0 Å². The summed E-state index contributed by atoms with van der Waals surface area (Å²) in [4.78, 5) is 7.54. The fraction of sp³-hybridized carbons (Fsp3) is 0.160. The Morgan fingerprint density at radius 2 is 1.04 bits per heavy atom. The molecule has 0 fully saturated rings. The highest BCUT2D eigenvalue weighted by Gasteiger charge is 2.10. The molecular weight excluding hydrogens is 378 g/mol. The highest BCUT2D eigenvalue weighted by Crippen LogP contribution is 2.28. The minimum atomic E-state index is 0.997. The van der Waals surface area contributed by atoms with Crippen molar-refractivity contribution in [2.24, 2.45) is 0 Å². The molecule has 1 heterocycles. The van der Waals surface area contributed by atoms with Crippen molar-refractivity contribution in [3.8, 4) is 0 Å². The van der Waals surface area contributed by atoms with Gasteiger partial charge in [-0.1, -0.05) is 42.5 Å². The van der Waals surface area contributed by atoms with Gasteiger partial charge in [0.15, 0.2) is 0 Å². The summed E-state index contributed by atoms with van der Waals surface area (Å²) in [5.41, 5.74) is 6.69. The largest absolute Gasteiger partial charge is 0.248 e. The standard InChI is InChI=1S/C25H25NS2/c1-5-22(18-10-14-20(27-3)15-11-18)24-8-7-9-25(26-24)23(6-2)19-12-16-21(28-4)17-13-19/h5-17H,1-4H3/b22-5-,23-6+. The number of hydrogen-bond donors (Lipinski definition) is 0. The van der Waals surface area contributed by atoms with Crippen molar-refractivity contribution in [3.63, 3.8) is 0 Å². The minimum Gasteiger partial charge on any atom is -0.248 e. The summed E-state index contributed by atoms with van der Waals surface area (Å²) in [6.45, 7) is 4.15. The lowest BCUT2D eigenvalue weighted by molar-refractivity contribution is 1.22. The van der Waals surface area contributed by atoms with Gasteiger partial charge >= 0.3 is 0 Å². The van der Waals surface area contributed by atoms with Gasteiger partial charge in [0.05, 0.1) is 11.4 Å². The van der Waals surface area contributed by atoms with Gasteiger partial charge in [0.25, 0.3) is 0 Å². The molecule has 0 radical (unpaired) electrons. The normalized spacial score (nSPS) is 12.3. The van der Waals surface area contributed by atoms with E-state index in [4.69, 9.17) is 4.98 Å². The van der Waals surface area contributed by atoms with Gasteiger partial charge in [-0.15, -0.1) is 23.5 Å². The van der Waals surface area contributed by atoms with Crippen molar-refractivity contribution in [1.82, 2.24) is 4.98 Å². The number of hydrogen-bond acceptors (Lipinski definition) is 3. The first-order valence-corrected chi connectivity index (χ1v) is 11.7. The van der Waals surface area contributed by atoms with Crippen LogP contribution in [0.15, 0.2) is 88.7 Å². The van der Waals surface area contributed by atoms with Crippen LogP contribution < -0.4 is 0 Å². The third-order valence-electron chi connectivity index (χ3n) is 4.68. The predicted octanol–water partition coefficient (Wildman–Crippen LogP) is 7.43. The Kier molecular flexibility index (Phi) is 7.18. The number of nitrogens with zero attached hydrogens (tertiary/aromatic N) is 1. The third kappa shape index (κ3) is 4.60. The number of thioether (sulfide) groups is 2. The minimum absolute atomic E-state index is 0.997. The maximum atomic E-state index is 5.01. The van der Waals surface area contributed by atoms with E-state index in [0.717, 1.165) is 22.5 Å². The lowest BCUT2D eigenvalue weighted by Gasteiger charge is -2.12. The summed E-state index contributed by atoms with van der Waals surface area (Å²) >= 11 is 3.52. The second-order valence-electron chi connectivity index (χ2n) is 6.27. The Hall–Kier alpha value is -2.23. The van der Waals surface area contributed by atoms with Crippen LogP contribution in [0.4, 0.5) is 0 Å². The smallest absolute Gasteiger partial charge is 0.0712 e. The molecule has 142 valence electrons. The monoisotopic (exact) mass is 403 g/mol. The average molecular weight is 404 g/mol. The molecule has 0 aliphatic rings. The lowest BCUT2D eigenvalue weighted by Crippen LogP contribution is -1.97. The van der Waals surface area contributed by atoms with Gasteiger partial charge in [0, 0.05) is 20.9 Å². The molecule has 2 aromatic carbocycles. The SMILES string of the molecule is C/C=C(/c1ccc(SC)cc1)c1cccc(/C(=C/C)c2ccc(SC)cc2)n1. The summed E-state index contributed by atoms with van der Waals surface area (Å²) in [5.74, 6) is 0. The summed E-state index contributed by atoms with van der Waals surface area (Å²) in [6, 6.07) is 23.6. The zero-order valence-corrected chi connectivity index (χ0v) is 18.4. The molecular formula is C25H25NS2. The molecule has 28 heavy (non-hydrogen) atoms. The third-order valence-corrected chi connectivity index (χ3v) is 6.17. The summed E-state index contributed by atoms with van der Waals surface area (Å²) in [6.07, 6.45) is 8.48. The fourth-order valence-electron chi connectivity index (χ4n) is 3.20. The molecule has 0 aliphatic heterocycles. The second-order valence-corrected chi connectivity index (χ2v) is 8.03. The van der Waals surface area contributed by atoms with Crippen molar-refractivity contribution in [1.29, 1.82) is 0 Å². The van der Waals surface area contributed by atoms with E-state index >= 15 is 0 Å². The molecule has 0 bridgehead atoms. The van der Waals surface area contributed by atoms with Crippen LogP contribution in [-0.2, 0) is 0 Å². The van der Waals surface area contributed by atoms with Gasteiger partial charge in [-0.05, 0) is 73.9 Å². The zero-order valence-electron chi connectivity index (χ0n) is 16.8. The van der Waals surface area contributed by atoms with Crippen LogP contribution in [0.1, 0.15) is 36.4 Å². The first-order chi connectivity index (χ1) is 13.7. The molecule has 0 atom stereocenters. The lowest BCUT2D eigenvalue weighted by atomic mass is 9.99. The molecule has 0 amide bonds. The molecule has 0 aliphatic carbocycles. The molecule has 0 spiro atoms. The quantitative estimate of drug-likeness (QED) is 0.397.